The number of likely N-dealkylation sites (N-methyl/N-ethyl adjacent to an activating group) is 2. The summed E-state index contributed by atoms with van der Waals surface area (Å²) in [6, 6.07) is 7.37. The van der Waals surface area contributed by atoms with E-state index in [4.69, 9.17) is 0 Å². The molecular weight excluding hydrogens is 597 g/mol. The van der Waals surface area contributed by atoms with Gasteiger partial charge >= 0.3 is 0 Å². The molecule has 0 spiro atoms. The van der Waals surface area contributed by atoms with Crippen molar-refractivity contribution >= 4 is 20.0 Å². The molecule has 0 unspecified atom stereocenters. The van der Waals surface area contributed by atoms with Crippen molar-refractivity contribution in [3.63, 3.8) is 0 Å². The SMILES string of the molecule is CN(CCN(C)S(=O)(=O)Cc1cc(C(C)(C)C)cc(C(C)(C)C)c1O)S(=O)(=O)Cc1cc(C(C)(C)C)cc(C(C)(C)C)c1O. The van der Waals surface area contributed by atoms with Crippen molar-refractivity contribution in [2.75, 3.05) is 27.2 Å². The van der Waals surface area contributed by atoms with Crippen LogP contribution in [0.5, 0.6) is 11.5 Å². The molecule has 2 aromatic carbocycles. The number of nitrogens with zero attached hydrogens (tertiary/aromatic N) is 2. The van der Waals surface area contributed by atoms with Crippen LogP contribution in [0.2, 0.25) is 0 Å². The molecule has 0 aromatic heterocycles. The van der Waals surface area contributed by atoms with E-state index in [9.17, 15) is 27.0 Å². The predicted molar refractivity (Wildman–Crippen MR) is 182 cm³/mol. The summed E-state index contributed by atoms with van der Waals surface area (Å²) in [6.07, 6.45) is 0. The van der Waals surface area contributed by atoms with Gasteiger partial charge in [-0.1, -0.05) is 107 Å². The van der Waals surface area contributed by atoms with Gasteiger partial charge in [-0.2, -0.15) is 0 Å². The lowest BCUT2D eigenvalue weighted by atomic mass is 9.79. The molecule has 0 aliphatic carbocycles. The Labute approximate surface area is 267 Å². The second-order valence-corrected chi connectivity index (χ2v) is 20.4. The third-order valence-electron chi connectivity index (χ3n) is 8.08. The first kappa shape index (κ1) is 38.0. The summed E-state index contributed by atoms with van der Waals surface area (Å²) in [5, 5.41) is 22.2. The fourth-order valence-corrected chi connectivity index (χ4v) is 7.18. The van der Waals surface area contributed by atoms with Gasteiger partial charge in [-0.15, -0.1) is 0 Å². The molecular formula is C34H56N2O6S2. The molecule has 250 valence electrons. The number of sulfonamides is 2. The van der Waals surface area contributed by atoms with Crippen LogP contribution < -0.4 is 0 Å². The van der Waals surface area contributed by atoms with E-state index in [-0.39, 0.29) is 35.4 Å². The summed E-state index contributed by atoms with van der Waals surface area (Å²) in [4.78, 5) is 0. The van der Waals surface area contributed by atoms with Gasteiger partial charge in [0, 0.05) is 38.3 Å². The van der Waals surface area contributed by atoms with E-state index in [1.165, 1.54) is 14.1 Å². The lowest BCUT2D eigenvalue weighted by Crippen LogP contribution is -2.38. The monoisotopic (exact) mass is 652 g/mol. The van der Waals surface area contributed by atoms with E-state index < -0.39 is 42.4 Å². The molecule has 10 heteroatoms. The van der Waals surface area contributed by atoms with Crippen LogP contribution in [0.25, 0.3) is 0 Å². The van der Waals surface area contributed by atoms with E-state index in [0.717, 1.165) is 19.7 Å². The Balaban J connectivity index is 2.32. The average molecular weight is 653 g/mol. The van der Waals surface area contributed by atoms with E-state index in [1.54, 1.807) is 12.1 Å². The van der Waals surface area contributed by atoms with Crippen LogP contribution in [0.4, 0.5) is 0 Å². The van der Waals surface area contributed by atoms with Crippen LogP contribution in [-0.4, -0.2) is 62.8 Å². The first-order chi connectivity index (χ1) is 19.5. The second kappa shape index (κ2) is 12.6. The van der Waals surface area contributed by atoms with E-state index in [1.807, 2.05) is 95.2 Å². The molecule has 0 bridgehead atoms. The zero-order chi connectivity index (χ0) is 34.4. The number of benzene rings is 2. The number of phenols is 2. The summed E-state index contributed by atoms with van der Waals surface area (Å²) in [6.45, 7) is 23.9. The van der Waals surface area contributed by atoms with Gasteiger partial charge < -0.3 is 10.2 Å². The molecule has 2 rings (SSSR count). The molecule has 0 radical (unpaired) electrons. The minimum absolute atomic E-state index is 0.0332. The van der Waals surface area contributed by atoms with Crippen molar-refractivity contribution < 1.29 is 27.0 Å². The minimum atomic E-state index is -3.90. The first-order valence-electron chi connectivity index (χ1n) is 15.1. The van der Waals surface area contributed by atoms with Crippen LogP contribution in [0.15, 0.2) is 24.3 Å². The number of hydrogen-bond donors (Lipinski definition) is 2. The highest BCUT2D eigenvalue weighted by atomic mass is 32.2. The van der Waals surface area contributed by atoms with Gasteiger partial charge in [0.1, 0.15) is 11.5 Å². The Hall–Kier alpha value is -2.14. The number of aromatic hydroxyl groups is 2. The van der Waals surface area contributed by atoms with Gasteiger partial charge in [0.2, 0.25) is 20.0 Å². The van der Waals surface area contributed by atoms with Crippen molar-refractivity contribution in [3.8, 4) is 11.5 Å². The van der Waals surface area contributed by atoms with Crippen molar-refractivity contribution in [1.82, 2.24) is 8.61 Å². The smallest absolute Gasteiger partial charge is 0.218 e. The Kier molecular flexibility index (Phi) is 10.9. The van der Waals surface area contributed by atoms with Crippen LogP contribution in [0.3, 0.4) is 0 Å². The molecule has 0 atom stereocenters. The van der Waals surface area contributed by atoms with Crippen LogP contribution in [-0.2, 0) is 53.2 Å². The molecule has 0 amide bonds. The standard InChI is InChI=1S/C34H56N2O6S2/c1-31(2,3)25-17-23(29(37)27(19-25)33(7,8)9)21-43(39,40)35(13)15-16-36(14)44(41,42)22-24-18-26(32(4,5)6)20-28(30(24)38)34(10,11)12/h17-20,37-38H,15-16,21-22H2,1-14H3. The van der Waals surface area contributed by atoms with Gasteiger partial charge in [0.05, 0.1) is 11.5 Å². The highest BCUT2D eigenvalue weighted by molar-refractivity contribution is 7.88. The molecule has 2 aromatic rings. The normalized spacial score (nSPS) is 14.1. The zero-order valence-electron chi connectivity index (χ0n) is 29.4. The zero-order valence-corrected chi connectivity index (χ0v) is 31.0. The van der Waals surface area contributed by atoms with Crippen LogP contribution in [0, 0.1) is 0 Å². The lowest BCUT2D eigenvalue weighted by Gasteiger charge is -2.28. The molecule has 8 nitrogen and oxygen atoms in total. The van der Waals surface area contributed by atoms with Gasteiger partial charge in [-0.3, -0.25) is 0 Å². The number of phenolic OH excluding ortho intramolecular Hbond substituents is 2. The predicted octanol–water partition coefficient (Wildman–Crippen LogP) is 6.51. The third kappa shape index (κ3) is 9.21. The van der Waals surface area contributed by atoms with Gasteiger partial charge in [0.25, 0.3) is 0 Å². The van der Waals surface area contributed by atoms with Gasteiger partial charge in [-0.05, 0) is 43.9 Å². The minimum Gasteiger partial charge on any atom is -0.507 e. The Morgan fingerprint density at radius 1 is 0.523 bits per heavy atom. The van der Waals surface area contributed by atoms with Gasteiger partial charge in [-0.25, -0.2) is 25.4 Å². The quantitative estimate of drug-likeness (QED) is 0.319. The third-order valence-corrected chi connectivity index (χ3v) is 11.7. The van der Waals surface area contributed by atoms with Crippen molar-refractivity contribution in [3.05, 3.63) is 57.6 Å². The van der Waals surface area contributed by atoms with Crippen LogP contribution >= 0.6 is 0 Å². The first-order valence-corrected chi connectivity index (χ1v) is 18.3. The Morgan fingerprint density at radius 3 is 1.02 bits per heavy atom. The molecule has 2 N–H and O–H groups in total. The molecule has 0 heterocycles. The highest BCUT2D eigenvalue weighted by Crippen LogP contribution is 2.40. The molecule has 0 saturated carbocycles. The molecule has 0 saturated heterocycles. The number of hydrogen-bond acceptors (Lipinski definition) is 6. The average Bonchev–Trinajstić information content (AvgIpc) is 2.81. The molecule has 0 fully saturated rings. The highest BCUT2D eigenvalue weighted by Gasteiger charge is 2.31. The van der Waals surface area contributed by atoms with Crippen molar-refractivity contribution in [2.45, 2.75) is 116 Å². The maximum absolute atomic E-state index is 13.4. The molecule has 0 aliphatic heterocycles. The maximum Gasteiger partial charge on any atom is 0.218 e. The van der Waals surface area contributed by atoms with E-state index in [2.05, 4.69) is 0 Å². The summed E-state index contributed by atoms with van der Waals surface area (Å²) < 4.78 is 56.1. The van der Waals surface area contributed by atoms with Gasteiger partial charge in [0.15, 0.2) is 0 Å². The largest absolute Gasteiger partial charge is 0.507 e. The Bertz CT molecular complexity index is 1450. The fraction of sp³-hybridized carbons (Fsp3) is 0.647. The van der Waals surface area contributed by atoms with Crippen LogP contribution in [0.1, 0.15) is 116 Å². The number of rotatable bonds is 9. The lowest BCUT2D eigenvalue weighted by molar-refractivity contribution is 0.401. The Morgan fingerprint density at radius 2 is 0.795 bits per heavy atom. The van der Waals surface area contributed by atoms with E-state index in [0.29, 0.717) is 22.3 Å². The van der Waals surface area contributed by atoms with E-state index >= 15 is 0 Å². The fourth-order valence-electron chi connectivity index (χ4n) is 4.79. The summed E-state index contributed by atoms with van der Waals surface area (Å²) in [7, 11) is -4.97. The summed E-state index contributed by atoms with van der Waals surface area (Å²) >= 11 is 0. The molecule has 44 heavy (non-hydrogen) atoms. The summed E-state index contributed by atoms with van der Waals surface area (Å²) in [5.41, 5.74) is 2.52. The summed E-state index contributed by atoms with van der Waals surface area (Å²) in [5.74, 6) is -0.896. The van der Waals surface area contributed by atoms with Crippen molar-refractivity contribution in [1.29, 1.82) is 0 Å². The second-order valence-electron chi connectivity index (χ2n) is 16.2. The topological polar surface area (TPSA) is 115 Å². The van der Waals surface area contributed by atoms with Crippen molar-refractivity contribution in [2.24, 2.45) is 0 Å². The maximum atomic E-state index is 13.4. The molecule has 0 aliphatic rings.